The molecule has 72 heavy (non-hydrogen) atoms. The van der Waals surface area contributed by atoms with E-state index in [2.05, 4.69) is 65.8 Å². The number of nitrogens with zero attached hydrogens (tertiary/aromatic N) is 6. The van der Waals surface area contributed by atoms with Gasteiger partial charge in [-0.05, 0) is 69.3 Å². The van der Waals surface area contributed by atoms with Crippen LogP contribution >= 0.6 is 0 Å². The van der Waals surface area contributed by atoms with E-state index in [4.69, 9.17) is 0 Å². The first-order valence-corrected chi connectivity index (χ1v) is 23.1. The van der Waals surface area contributed by atoms with Crippen LogP contribution in [0.3, 0.4) is 0 Å². The van der Waals surface area contributed by atoms with Crippen LogP contribution < -0.4 is 0 Å². The molecule has 0 radical (unpaired) electrons. The van der Waals surface area contributed by atoms with Crippen LogP contribution in [-0.2, 0) is 47.9 Å². The molecule has 0 saturated carbocycles. The summed E-state index contributed by atoms with van der Waals surface area (Å²) in [5, 5.41) is 39.9. The Morgan fingerprint density at radius 3 is 0.708 bits per heavy atom. The van der Waals surface area contributed by atoms with Gasteiger partial charge in [0.1, 0.15) is 0 Å². The summed E-state index contributed by atoms with van der Waals surface area (Å²) in [6.45, 7) is 38.3. The first kappa shape index (κ1) is 62.1. The summed E-state index contributed by atoms with van der Waals surface area (Å²) in [6.07, 6.45) is 20.6. The second kappa shape index (κ2) is 30.0. The van der Waals surface area contributed by atoms with Gasteiger partial charge < -0.3 is 49.8 Å². The second-order valence-electron chi connectivity index (χ2n) is 16.6. The van der Waals surface area contributed by atoms with Gasteiger partial charge in [0.05, 0.1) is 29.1 Å². The van der Waals surface area contributed by atoms with E-state index in [-0.39, 0.29) is 29.5 Å². The van der Waals surface area contributed by atoms with E-state index < -0.39 is 70.8 Å². The van der Waals surface area contributed by atoms with Crippen LogP contribution in [0, 0.1) is 34.5 Å². The maximum absolute atomic E-state index is 13.7. The summed E-state index contributed by atoms with van der Waals surface area (Å²) >= 11 is 0. The van der Waals surface area contributed by atoms with Crippen molar-refractivity contribution in [3.63, 3.8) is 0 Å². The van der Waals surface area contributed by atoms with Gasteiger partial charge in [0.2, 0.25) is 35.4 Å². The van der Waals surface area contributed by atoms with Gasteiger partial charge in [-0.1, -0.05) is 63.8 Å². The summed E-state index contributed by atoms with van der Waals surface area (Å²) < 4.78 is 0. The van der Waals surface area contributed by atoms with E-state index in [1.165, 1.54) is 0 Å². The molecule has 4 unspecified atom stereocenters. The molecule has 0 aromatic carbocycles. The normalized spacial score (nSPS) is 22.4. The Labute approximate surface area is 421 Å². The van der Waals surface area contributed by atoms with Gasteiger partial charge in [0.15, 0.2) is 0 Å². The van der Waals surface area contributed by atoms with Crippen molar-refractivity contribution in [3.05, 3.63) is 127 Å². The Hall–Kier alpha value is -7.90. The van der Waals surface area contributed by atoms with Crippen molar-refractivity contribution in [2.45, 2.75) is 64.2 Å². The third kappa shape index (κ3) is 14.6. The molecule has 0 aliphatic carbocycles. The van der Waals surface area contributed by atoms with E-state index in [0.29, 0.717) is 32.1 Å². The minimum absolute atomic E-state index is 0.208. The molecule has 6 saturated heterocycles. The molecule has 20 heteroatoms. The molecule has 0 aromatic rings. The molecule has 392 valence electrons. The highest BCUT2D eigenvalue weighted by atomic mass is 16.4. The fraction of sp³-hybridized carbons (Fsp3) is 0.423. The molecule has 6 fully saturated rings. The fourth-order valence-corrected chi connectivity index (χ4v) is 9.35. The van der Waals surface area contributed by atoms with Crippen LogP contribution in [0.15, 0.2) is 127 Å². The zero-order valence-electron chi connectivity index (χ0n) is 41.0. The summed E-state index contributed by atoms with van der Waals surface area (Å²) in [5.74, 6) is -14.6. The van der Waals surface area contributed by atoms with Crippen molar-refractivity contribution >= 4 is 59.3 Å². The SMILES string of the molecule is C=CC(C(=O)O)C1(C(C=C)C(=O)O)CN(C=C)C(=O)C1(C(C=C)C(=O)O)C(C=C)C(=O)O.C=CN1CCCC1=O.C=CN1CCCC1=O.C=CN1CCCC1=O.C=CN1CCCC1=O.C=CN1CCCC1=O. The lowest BCUT2D eigenvalue weighted by Gasteiger charge is -2.51. The number of aliphatic carboxylic acids is 4. The van der Waals surface area contributed by atoms with E-state index >= 15 is 0 Å². The molecule has 6 amide bonds. The van der Waals surface area contributed by atoms with Crippen molar-refractivity contribution in [1.29, 1.82) is 0 Å². The zero-order chi connectivity index (χ0) is 54.9. The number of likely N-dealkylation sites (tertiary alicyclic amines) is 6. The van der Waals surface area contributed by atoms with Gasteiger partial charge in [-0.15, -0.1) is 26.3 Å². The number of amides is 6. The van der Waals surface area contributed by atoms with Crippen molar-refractivity contribution in [1.82, 2.24) is 29.4 Å². The lowest BCUT2D eigenvalue weighted by Crippen LogP contribution is -2.63. The molecule has 4 atom stereocenters. The molecule has 0 bridgehead atoms. The van der Waals surface area contributed by atoms with Gasteiger partial charge in [-0.3, -0.25) is 47.9 Å². The summed E-state index contributed by atoms with van der Waals surface area (Å²) in [4.78, 5) is 125. The predicted molar refractivity (Wildman–Crippen MR) is 268 cm³/mol. The van der Waals surface area contributed by atoms with Crippen LogP contribution in [0.25, 0.3) is 0 Å². The van der Waals surface area contributed by atoms with Gasteiger partial charge in [-0.25, -0.2) is 0 Å². The molecular formula is C52H70N6O14. The molecule has 6 aliphatic rings. The van der Waals surface area contributed by atoms with E-state index in [9.17, 15) is 68.4 Å². The highest BCUT2D eigenvalue weighted by Gasteiger charge is 2.77. The first-order valence-electron chi connectivity index (χ1n) is 23.1. The average molecular weight is 1000 g/mol. The second-order valence-corrected chi connectivity index (χ2v) is 16.6. The average Bonchev–Trinajstić information content (AvgIpc) is 4.23. The van der Waals surface area contributed by atoms with Gasteiger partial charge in [0.25, 0.3) is 0 Å². The molecule has 20 nitrogen and oxygen atoms in total. The number of carboxylic acid groups (broad SMARTS) is 4. The number of carbonyl (C=O) groups is 10. The lowest BCUT2D eigenvalue weighted by atomic mass is 9.45. The Morgan fingerprint density at radius 2 is 0.583 bits per heavy atom. The largest absolute Gasteiger partial charge is 0.481 e. The topological polar surface area (TPSA) is 271 Å². The van der Waals surface area contributed by atoms with Gasteiger partial charge in [-0.2, -0.15) is 0 Å². The lowest BCUT2D eigenvalue weighted by molar-refractivity contribution is -0.180. The quantitative estimate of drug-likeness (QED) is 0.128. The first-order chi connectivity index (χ1) is 34.1. The van der Waals surface area contributed by atoms with Crippen LogP contribution in [0.5, 0.6) is 0 Å². The number of carbonyl (C=O) groups excluding carboxylic acids is 6. The van der Waals surface area contributed by atoms with Gasteiger partial charge >= 0.3 is 23.9 Å². The van der Waals surface area contributed by atoms with Crippen LogP contribution in [0.1, 0.15) is 64.2 Å². The van der Waals surface area contributed by atoms with Crippen molar-refractivity contribution in [2.75, 3.05) is 39.3 Å². The minimum Gasteiger partial charge on any atom is -0.481 e. The number of carboxylic acids is 4. The smallest absolute Gasteiger partial charge is 0.311 e. The Kier molecular flexibility index (Phi) is 25.9. The highest BCUT2D eigenvalue weighted by molar-refractivity contribution is 5.99. The molecule has 6 rings (SSSR count). The molecular weight excluding hydrogens is 933 g/mol. The van der Waals surface area contributed by atoms with Crippen molar-refractivity contribution < 1.29 is 68.4 Å². The van der Waals surface area contributed by atoms with Crippen molar-refractivity contribution in [3.8, 4) is 0 Å². The molecule has 0 aromatic heterocycles. The van der Waals surface area contributed by atoms with E-state index in [1.54, 1.807) is 55.5 Å². The predicted octanol–water partition coefficient (Wildman–Crippen LogP) is 5.25. The maximum Gasteiger partial charge on any atom is 0.311 e. The number of hydrogen-bond acceptors (Lipinski definition) is 10. The highest BCUT2D eigenvalue weighted by Crippen LogP contribution is 2.65. The van der Waals surface area contributed by atoms with E-state index in [0.717, 1.165) is 100 Å². The molecule has 6 heterocycles. The van der Waals surface area contributed by atoms with Crippen molar-refractivity contribution in [2.24, 2.45) is 34.5 Å². The third-order valence-electron chi connectivity index (χ3n) is 12.8. The molecule has 6 aliphatic heterocycles. The number of hydrogen-bond donors (Lipinski definition) is 4. The molecule has 0 spiro atoms. The van der Waals surface area contributed by atoms with Crippen LogP contribution in [0.2, 0.25) is 0 Å². The minimum atomic E-state index is -2.70. The zero-order valence-corrected chi connectivity index (χ0v) is 41.0. The summed E-state index contributed by atoms with van der Waals surface area (Å²) in [6, 6.07) is 0. The summed E-state index contributed by atoms with van der Waals surface area (Å²) in [7, 11) is 0. The van der Waals surface area contributed by atoms with Gasteiger partial charge in [0, 0.05) is 76.8 Å². The monoisotopic (exact) mass is 1000 g/mol. The summed E-state index contributed by atoms with van der Waals surface area (Å²) in [5.41, 5.74) is -5.09. The maximum atomic E-state index is 13.7. The Bertz CT molecular complexity index is 1920. The van der Waals surface area contributed by atoms with Crippen LogP contribution in [-0.4, -0.2) is 148 Å². The third-order valence-corrected chi connectivity index (χ3v) is 12.8. The Morgan fingerprint density at radius 1 is 0.375 bits per heavy atom. The molecule has 4 N–H and O–H groups in total. The number of rotatable bonds is 18. The van der Waals surface area contributed by atoms with E-state index in [1.807, 2.05) is 0 Å². The Balaban J connectivity index is 0.000000513. The standard InChI is InChI=1S/C22H25NO9.5C6H9NO/c1-6-12(16(24)25)21(13(7-2)17(26)27)11-23(10-5)20(32)22(21,14(8-3)18(28)29)15(9-4)19(30)31;5*1-2-7-5-3-4-6(7)8/h6-10,12-15H,1-5,11H2,(H,24,25)(H,26,27)(H,28,29)(H,30,31);5*2H,1,3-5H2. The van der Waals surface area contributed by atoms with Crippen LogP contribution in [0.4, 0.5) is 0 Å². The fourth-order valence-electron chi connectivity index (χ4n) is 9.35.